The number of aryl methyl sites for hydroxylation is 1. The molecule has 8 nitrogen and oxygen atoms in total. The Hall–Kier alpha value is -3.03. The second-order valence-electron chi connectivity index (χ2n) is 4.68. The molecule has 8 heteroatoms. The minimum absolute atomic E-state index is 0.179. The van der Waals surface area contributed by atoms with Crippen LogP contribution >= 0.6 is 0 Å². The molecular formula is C14H15N7O. The second kappa shape index (κ2) is 6.61. The molecule has 112 valence electrons. The highest BCUT2D eigenvalue weighted by Gasteiger charge is 2.10. The fourth-order valence-corrected chi connectivity index (χ4v) is 1.99. The molecule has 2 N–H and O–H groups in total. The predicted octanol–water partition coefficient (Wildman–Crippen LogP) is 0.883. The third-order valence-electron chi connectivity index (χ3n) is 3.10. The van der Waals surface area contributed by atoms with Crippen LogP contribution in [0.4, 0.5) is 0 Å². The summed E-state index contributed by atoms with van der Waals surface area (Å²) in [5.41, 5.74) is 1.99. The molecule has 0 spiro atoms. The average Bonchev–Trinajstić information content (AvgIpc) is 3.24. The van der Waals surface area contributed by atoms with Crippen LogP contribution in [0.2, 0.25) is 0 Å². The molecule has 0 unspecified atom stereocenters. The smallest absolute Gasteiger partial charge is 0.269 e. The van der Waals surface area contributed by atoms with Crippen LogP contribution in [-0.4, -0.2) is 42.4 Å². The first kappa shape index (κ1) is 13.9. The number of aromatic amines is 1. The van der Waals surface area contributed by atoms with E-state index >= 15 is 0 Å². The number of nitrogens with one attached hydrogen (secondary N) is 2. The van der Waals surface area contributed by atoms with E-state index in [1.54, 1.807) is 29.5 Å². The highest BCUT2D eigenvalue weighted by Crippen LogP contribution is 2.15. The largest absolute Gasteiger partial charge is 0.351 e. The van der Waals surface area contributed by atoms with Gasteiger partial charge >= 0.3 is 0 Å². The van der Waals surface area contributed by atoms with E-state index in [1.165, 1.54) is 6.33 Å². The summed E-state index contributed by atoms with van der Waals surface area (Å²) >= 11 is 0. The lowest BCUT2D eigenvalue weighted by molar-refractivity contribution is 0.0947. The van der Waals surface area contributed by atoms with Crippen molar-refractivity contribution in [3.63, 3.8) is 0 Å². The van der Waals surface area contributed by atoms with Crippen molar-refractivity contribution in [2.45, 2.75) is 13.0 Å². The Bertz CT molecular complexity index is 721. The van der Waals surface area contributed by atoms with Crippen molar-refractivity contribution in [3.8, 4) is 11.3 Å². The Morgan fingerprint density at radius 3 is 3.09 bits per heavy atom. The van der Waals surface area contributed by atoms with Crippen LogP contribution in [0.1, 0.15) is 16.9 Å². The van der Waals surface area contributed by atoms with Gasteiger partial charge in [0.1, 0.15) is 18.3 Å². The predicted molar refractivity (Wildman–Crippen MR) is 78.8 cm³/mol. The maximum absolute atomic E-state index is 12.0. The van der Waals surface area contributed by atoms with Crippen molar-refractivity contribution in [2.75, 3.05) is 6.54 Å². The second-order valence-corrected chi connectivity index (χ2v) is 4.68. The van der Waals surface area contributed by atoms with Gasteiger partial charge in [0.25, 0.3) is 5.91 Å². The van der Waals surface area contributed by atoms with Crippen LogP contribution < -0.4 is 5.32 Å². The fourth-order valence-electron chi connectivity index (χ4n) is 1.99. The molecule has 0 saturated carbocycles. The molecule has 0 bridgehead atoms. The molecule has 22 heavy (non-hydrogen) atoms. The van der Waals surface area contributed by atoms with E-state index < -0.39 is 0 Å². The van der Waals surface area contributed by atoms with Gasteiger partial charge in [-0.05, 0) is 24.6 Å². The molecule has 3 aromatic rings. The van der Waals surface area contributed by atoms with Crippen molar-refractivity contribution in [2.24, 2.45) is 0 Å². The number of hydrogen-bond acceptors (Lipinski definition) is 5. The minimum Gasteiger partial charge on any atom is -0.351 e. The van der Waals surface area contributed by atoms with Gasteiger partial charge in [-0.1, -0.05) is 0 Å². The van der Waals surface area contributed by atoms with E-state index in [-0.39, 0.29) is 5.91 Å². The van der Waals surface area contributed by atoms with Crippen LogP contribution in [0.5, 0.6) is 0 Å². The van der Waals surface area contributed by atoms with Crippen LogP contribution in [0.15, 0.2) is 43.2 Å². The molecule has 3 rings (SSSR count). The maximum Gasteiger partial charge on any atom is 0.269 e. The van der Waals surface area contributed by atoms with E-state index in [0.717, 1.165) is 12.0 Å². The Morgan fingerprint density at radius 1 is 1.36 bits per heavy atom. The standard InChI is InChI=1S/C14H15N7O/c22-14(17-5-2-6-21-10-16-9-18-21)13-7-12(19-20-13)11-3-1-4-15-8-11/h1,3-4,7-10H,2,5-6H2,(H,17,22)(H,19,20). The fraction of sp³-hybridized carbons (Fsp3) is 0.214. The van der Waals surface area contributed by atoms with Crippen molar-refractivity contribution in [1.82, 2.24) is 35.3 Å². The lowest BCUT2D eigenvalue weighted by Gasteiger charge is -2.03. The summed E-state index contributed by atoms with van der Waals surface area (Å²) in [6.07, 6.45) is 7.31. The summed E-state index contributed by atoms with van der Waals surface area (Å²) in [6.45, 7) is 1.27. The quantitative estimate of drug-likeness (QED) is 0.658. The molecule has 0 aliphatic rings. The topological polar surface area (TPSA) is 101 Å². The van der Waals surface area contributed by atoms with Gasteiger partial charge in [-0.25, -0.2) is 4.98 Å². The number of hydrogen-bond donors (Lipinski definition) is 2. The van der Waals surface area contributed by atoms with Crippen LogP contribution in [-0.2, 0) is 6.54 Å². The summed E-state index contributed by atoms with van der Waals surface area (Å²) in [7, 11) is 0. The molecule has 0 fully saturated rings. The number of amides is 1. The number of carbonyl (C=O) groups excluding carboxylic acids is 1. The molecule has 0 atom stereocenters. The van der Waals surface area contributed by atoms with Crippen LogP contribution in [0.25, 0.3) is 11.3 Å². The monoisotopic (exact) mass is 297 g/mol. The molecule has 3 aromatic heterocycles. The number of aromatic nitrogens is 6. The summed E-state index contributed by atoms with van der Waals surface area (Å²) in [5, 5.41) is 13.7. The third-order valence-corrected chi connectivity index (χ3v) is 3.10. The van der Waals surface area contributed by atoms with E-state index in [1.807, 2.05) is 12.1 Å². The van der Waals surface area contributed by atoms with Gasteiger partial charge in [-0.2, -0.15) is 10.2 Å². The van der Waals surface area contributed by atoms with Crippen molar-refractivity contribution >= 4 is 5.91 Å². The van der Waals surface area contributed by atoms with E-state index in [2.05, 4.69) is 30.6 Å². The van der Waals surface area contributed by atoms with Gasteiger partial charge in [0, 0.05) is 31.0 Å². The SMILES string of the molecule is O=C(NCCCn1cncn1)c1cc(-c2cccnc2)n[nH]1. The Labute approximate surface area is 126 Å². The highest BCUT2D eigenvalue weighted by molar-refractivity contribution is 5.93. The minimum atomic E-state index is -0.179. The summed E-state index contributed by atoms with van der Waals surface area (Å²) < 4.78 is 1.73. The van der Waals surface area contributed by atoms with Crippen molar-refractivity contribution in [3.05, 3.63) is 48.9 Å². The van der Waals surface area contributed by atoms with Crippen molar-refractivity contribution in [1.29, 1.82) is 0 Å². The number of pyridine rings is 1. The Kier molecular flexibility index (Phi) is 4.19. The molecule has 0 aliphatic heterocycles. The molecular weight excluding hydrogens is 282 g/mol. The van der Waals surface area contributed by atoms with Crippen molar-refractivity contribution < 1.29 is 4.79 Å². The molecule has 1 amide bonds. The van der Waals surface area contributed by atoms with E-state index in [0.29, 0.717) is 24.5 Å². The normalized spacial score (nSPS) is 10.5. The number of H-pyrrole nitrogens is 1. The summed E-state index contributed by atoms with van der Waals surface area (Å²) in [4.78, 5) is 19.9. The molecule has 0 aromatic carbocycles. The lowest BCUT2D eigenvalue weighted by atomic mass is 10.2. The summed E-state index contributed by atoms with van der Waals surface area (Å²) in [5.74, 6) is -0.179. The van der Waals surface area contributed by atoms with Gasteiger partial charge in [-0.15, -0.1) is 0 Å². The van der Waals surface area contributed by atoms with Gasteiger partial charge < -0.3 is 5.32 Å². The molecule has 0 radical (unpaired) electrons. The van der Waals surface area contributed by atoms with E-state index in [9.17, 15) is 4.79 Å². The first-order chi connectivity index (χ1) is 10.8. The Morgan fingerprint density at radius 2 is 2.32 bits per heavy atom. The molecule has 0 saturated heterocycles. The van der Waals surface area contributed by atoms with Gasteiger partial charge in [0.15, 0.2) is 0 Å². The van der Waals surface area contributed by atoms with Gasteiger partial charge in [0.2, 0.25) is 0 Å². The lowest BCUT2D eigenvalue weighted by Crippen LogP contribution is -2.25. The molecule has 0 aliphatic carbocycles. The Balaban J connectivity index is 1.51. The van der Waals surface area contributed by atoms with E-state index in [4.69, 9.17) is 0 Å². The average molecular weight is 297 g/mol. The number of nitrogens with zero attached hydrogens (tertiary/aromatic N) is 5. The van der Waals surface area contributed by atoms with Gasteiger partial charge in [-0.3, -0.25) is 19.6 Å². The van der Waals surface area contributed by atoms with Crippen LogP contribution in [0.3, 0.4) is 0 Å². The zero-order chi connectivity index (χ0) is 15.2. The number of carbonyl (C=O) groups is 1. The first-order valence-corrected chi connectivity index (χ1v) is 6.89. The van der Waals surface area contributed by atoms with Gasteiger partial charge in [0.05, 0.1) is 5.69 Å². The molecule has 3 heterocycles. The third kappa shape index (κ3) is 3.35. The maximum atomic E-state index is 12.0. The highest BCUT2D eigenvalue weighted by atomic mass is 16.1. The summed E-state index contributed by atoms with van der Waals surface area (Å²) in [6, 6.07) is 5.43. The number of rotatable bonds is 6. The van der Waals surface area contributed by atoms with Crippen LogP contribution in [0, 0.1) is 0 Å². The zero-order valence-electron chi connectivity index (χ0n) is 11.8. The first-order valence-electron chi connectivity index (χ1n) is 6.89. The zero-order valence-corrected chi connectivity index (χ0v) is 11.8.